The molecule has 1 fully saturated rings. The lowest BCUT2D eigenvalue weighted by molar-refractivity contribution is -0.138. The average molecular weight is 367 g/mol. The molecule has 0 bridgehead atoms. The summed E-state index contributed by atoms with van der Waals surface area (Å²) in [6.45, 7) is 0.0207. The van der Waals surface area contributed by atoms with Crippen LogP contribution in [0.3, 0.4) is 0 Å². The summed E-state index contributed by atoms with van der Waals surface area (Å²) in [6, 6.07) is 11.4. The Kier molecular flexibility index (Phi) is 5.24. The lowest BCUT2D eigenvalue weighted by Crippen LogP contribution is -2.35. The molecule has 3 rings (SSSR count). The molecule has 1 aliphatic rings. The van der Waals surface area contributed by atoms with E-state index in [0.717, 1.165) is 17.7 Å². The summed E-state index contributed by atoms with van der Waals surface area (Å²) < 4.78 is 52.3. The average Bonchev–Trinajstić information content (AvgIpc) is 3.10. The topological polar surface area (TPSA) is 53.2 Å². The van der Waals surface area contributed by atoms with Crippen molar-refractivity contribution in [2.24, 2.45) is 5.92 Å². The minimum atomic E-state index is -4.69. The molecule has 138 valence electrons. The summed E-state index contributed by atoms with van der Waals surface area (Å²) in [5.74, 6) is -1.83. The Labute approximate surface area is 147 Å². The Balaban J connectivity index is 1.71. The molecule has 2 atom stereocenters. The molecule has 2 unspecified atom stereocenters. The summed E-state index contributed by atoms with van der Waals surface area (Å²) in [5.41, 5.74) is 5.54. The number of hydrogen-bond acceptors (Lipinski definition) is 3. The largest absolute Gasteiger partial charge is 0.416 e. The molecule has 2 aromatic rings. The van der Waals surface area contributed by atoms with Crippen LogP contribution in [0.25, 0.3) is 0 Å². The van der Waals surface area contributed by atoms with Crippen LogP contribution in [0.4, 0.5) is 17.6 Å². The number of hydrazine groups is 1. The van der Waals surface area contributed by atoms with Gasteiger partial charge >= 0.3 is 6.18 Å². The second-order valence-electron chi connectivity index (χ2n) is 6.04. The first-order valence-electron chi connectivity index (χ1n) is 8.03. The van der Waals surface area contributed by atoms with Crippen LogP contribution in [0.1, 0.15) is 22.7 Å². The molecule has 0 spiro atoms. The van der Waals surface area contributed by atoms with E-state index in [2.05, 4.69) is 16.2 Å². The molecule has 4 nitrogen and oxygen atoms in total. The SMILES string of the molecule is O=C(NCc1ccc(F)cc1C(F)(F)F)C1CNNC1c1ccccc1. The van der Waals surface area contributed by atoms with Gasteiger partial charge in [-0.15, -0.1) is 0 Å². The summed E-state index contributed by atoms with van der Waals surface area (Å²) in [6.07, 6.45) is -4.69. The van der Waals surface area contributed by atoms with Gasteiger partial charge in [0.1, 0.15) is 5.82 Å². The number of amides is 1. The van der Waals surface area contributed by atoms with Crippen LogP contribution in [0.5, 0.6) is 0 Å². The van der Waals surface area contributed by atoms with E-state index >= 15 is 0 Å². The predicted octanol–water partition coefficient (Wildman–Crippen LogP) is 2.93. The first-order valence-corrected chi connectivity index (χ1v) is 8.03. The van der Waals surface area contributed by atoms with E-state index in [4.69, 9.17) is 0 Å². The van der Waals surface area contributed by atoms with Gasteiger partial charge < -0.3 is 5.32 Å². The predicted molar refractivity (Wildman–Crippen MR) is 87.1 cm³/mol. The maximum Gasteiger partial charge on any atom is 0.416 e. The Bertz CT molecular complexity index is 780. The minimum absolute atomic E-state index is 0.178. The van der Waals surface area contributed by atoms with Crippen LogP contribution < -0.4 is 16.2 Å². The van der Waals surface area contributed by atoms with Crippen molar-refractivity contribution in [3.8, 4) is 0 Å². The molecule has 1 aliphatic heterocycles. The lowest BCUT2D eigenvalue weighted by atomic mass is 9.94. The number of nitrogens with one attached hydrogen (secondary N) is 3. The highest BCUT2D eigenvalue weighted by molar-refractivity contribution is 5.80. The first kappa shape index (κ1) is 18.3. The molecule has 0 radical (unpaired) electrons. The Morgan fingerprint density at radius 2 is 1.88 bits per heavy atom. The second kappa shape index (κ2) is 7.43. The number of halogens is 4. The molecule has 1 saturated heterocycles. The molecule has 1 heterocycles. The van der Waals surface area contributed by atoms with Crippen molar-refractivity contribution in [2.45, 2.75) is 18.8 Å². The number of benzene rings is 2. The standard InChI is InChI=1S/C18H17F4N3O/c19-13-7-6-12(15(8-13)18(20,21)22)9-23-17(26)14-10-24-25-16(14)11-4-2-1-3-5-11/h1-8,14,16,24-25H,9-10H2,(H,23,26). The van der Waals surface area contributed by atoms with Crippen LogP contribution >= 0.6 is 0 Å². The molecule has 0 saturated carbocycles. The summed E-state index contributed by atoms with van der Waals surface area (Å²) in [7, 11) is 0. The normalized spacial score (nSPS) is 20.2. The highest BCUT2D eigenvalue weighted by Crippen LogP contribution is 2.32. The first-order chi connectivity index (χ1) is 12.4. The molecule has 26 heavy (non-hydrogen) atoms. The zero-order valence-electron chi connectivity index (χ0n) is 13.6. The fraction of sp³-hybridized carbons (Fsp3) is 0.278. The van der Waals surface area contributed by atoms with E-state index in [0.29, 0.717) is 12.6 Å². The van der Waals surface area contributed by atoms with Gasteiger partial charge in [-0.2, -0.15) is 13.2 Å². The Hall–Kier alpha value is -2.45. The molecule has 0 aliphatic carbocycles. The Morgan fingerprint density at radius 1 is 1.15 bits per heavy atom. The fourth-order valence-corrected chi connectivity index (χ4v) is 3.00. The molecular formula is C18H17F4N3O. The molecule has 2 aromatic carbocycles. The third-order valence-electron chi connectivity index (χ3n) is 4.31. The van der Waals surface area contributed by atoms with Gasteiger partial charge in [-0.25, -0.2) is 9.82 Å². The van der Waals surface area contributed by atoms with Crippen molar-refractivity contribution in [3.63, 3.8) is 0 Å². The molecule has 0 aromatic heterocycles. The van der Waals surface area contributed by atoms with Gasteiger partial charge in [-0.3, -0.25) is 10.2 Å². The summed E-state index contributed by atoms with van der Waals surface area (Å²) in [5, 5.41) is 2.53. The zero-order valence-corrected chi connectivity index (χ0v) is 13.6. The van der Waals surface area contributed by atoms with Crippen LogP contribution in [0.15, 0.2) is 48.5 Å². The van der Waals surface area contributed by atoms with Gasteiger partial charge in [0.05, 0.1) is 17.5 Å². The van der Waals surface area contributed by atoms with Crippen LogP contribution in [0.2, 0.25) is 0 Å². The van der Waals surface area contributed by atoms with Crippen molar-refractivity contribution in [1.82, 2.24) is 16.2 Å². The highest BCUT2D eigenvalue weighted by Gasteiger charge is 2.36. The quantitative estimate of drug-likeness (QED) is 0.729. The Morgan fingerprint density at radius 3 is 2.58 bits per heavy atom. The van der Waals surface area contributed by atoms with E-state index in [1.54, 1.807) is 0 Å². The van der Waals surface area contributed by atoms with Gasteiger partial charge in [0.15, 0.2) is 0 Å². The molecule has 3 N–H and O–H groups in total. The molecule has 1 amide bonds. The van der Waals surface area contributed by atoms with E-state index < -0.39 is 23.5 Å². The smallest absolute Gasteiger partial charge is 0.352 e. The molecular weight excluding hydrogens is 350 g/mol. The highest BCUT2D eigenvalue weighted by atomic mass is 19.4. The van der Waals surface area contributed by atoms with Gasteiger partial charge in [0.2, 0.25) is 5.91 Å². The van der Waals surface area contributed by atoms with E-state index in [9.17, 15) is 22.4 Å². The maximum atomic E-state index is 13.2. The fourth-order valence-electron chi connectivity index (χ4n) is 3.00. The van der Waals surface area contributed by atoms with E-state index in [1.807, 2.05) is 30.3 Å². The second-order valence-corrected chi connectivity index (χ2v) is 6.04. The number of alkyl halides is 3. The van der Waals surface area contributed by atoms with Gasteiger partial charge in [-0.1, -0.05) is 36.4 Å². The maximum absolute atomic E-state index is 13.2. The van der Waals surface area contributed by atoms with Crippen LogP contribution in [0, 0.1) is 11.7 Å². The van der Waals surface area contributed by atoms with Crippen LogP contribution in [-0.2, 0) is 17.5 Å². The van der Waals surface area contributed by atoms with Crippen molar-refractivity contribution in [3.05, 3.63) is 71.0 Å². The summed E-state index contributed by atoms with van der Waals surface area (Å²) >= 11 is 0. The third kappa shape index (κ3) is 4.03. The third-order valence-corrected chi connectivity index (χ3v) is 4.31. The molecule has 8 heteroatoms. The van der Waals surface area contributed by atoms with Crippen molar-refractivity contribution in [2.75, 3.05) is 6.54 Å². The van der Waals surface area contributed by atoms with Gasteiger partial charge in [-0.05, 0) is 23.3 Å². The van der Waals surface area contributed by atoms with E-state index in [1.165, 1.54) is 0 Å². The summed E-state index contributed by atoms with van der Waals surface area (Å²) in [4.78, 5) is 12.5. The van der Waals surface area contributed by atoms with Crippen molar-refractivity contribution in [1.29, 1.82) is 0 Å². The monoisotopic (exact) mass is 367 g/mol. The van der Waals surface area contributed by atoms with Gasteiger partial charge in [0.25, 0.3) is 0 Å². The minimum Gasteiger partial charge on any atom is -0.352 e. The van der Waals surface area contributed by atoms with Crippen molar-refractivity contribution < 1.29 is 22.4 Å². The lowest BCUT2D eigenvalue weighted by Gasteiger charge is -2.19. The van der Waals surface area contributed by atoms with Crippen LogP contribution in [-0.4, -0.2) is 12.5 Å². The number of hydrogen-bond donors (Lipinski definition) is 3. The number of rotatable bonds is 4. The van der Waals surface area contributed by atoms with Gasteiger partial charge in [0, 0.05) is 13.1 Å². The van der Waals surface area contributed by atoms with E-state index in [-0.39, 0.29) is 24.1 Å². The number of carbonyl (C=O) groups is 1. The zero-order chi connectivity index (χ0) is 18.7. The van der Waals surface area contributed by atoms with Crippen molar-refractivity contribution >= 4 is 5.91 Å². The number of carbonyl (C=O) groups excluding carboxylic acids is 1.